The second-order valence-electron chi connectivity index (χ2n) is 4.41. The van der Waals surface area contributed by atoms with Crippen LogP contribution in [0.5, 0.6) is 5.75 Å². The van der Waals surface area contributed by atoms with Crippen LogP contribution in [0.3, 0.4) is 0 Å². The van der Waals surface area contributed by atoms with Crippen LogP contribution in [0.25, 0.3) is 0 Å². The summed E-state index contributed by atoms with van der Waals surface area (Å²) >= 11 is 0. The van der Waals surface area contributed by atoms with E-state index < -0.39 is 0 Å². The number of hydrogen-bond acceptors (Lipinski definition) is 2. The van der Waals surface area contributed by atoms with Crippen molar-refractivity contribution in [3.8, 4) is 5.75 Å². The summed E-state index contributed by atoms with van der Waals surface area (Å²) in [5.74, 6) is 0.851. The summed E-state index contributed by atoms with van der Waals surface area (Å²) in [7, 11) is 0. The minimum atomic E-state index is -0.196. The fourth-order valence-electron chi connectivity index (χ4n) is 1.27. The molecular weight excluding hydrogens is 176 g/mol. The number of rotatable bonds is 2. The number of aliphatic hydroxyl groups excluding tert-OH is 1. The van der Waals surface area contributed by atoms with Gasteiger partial charge in [-0.25, -0.2) is 0 Å². The molecule has 78 valence electrons. The standard InChI is InChI=1S/C12H18O2/c1-9-10(8-13)6-5-7-11(9)14-12(2,3)4/h5-7,13H,8H2,1-4H3. The molecule has 1 N–H and O–H groups in total. The second kappa shape index (κ2) is 4.01. The van der Waals surface area contributed by atoms with Crippen molar-refractivity contribution in [3.05, 3.63) is 29.3 Å². The first-order valence-corrected chi connectivity index (χ1v) is 4.82. The Morgan fingerprint density at radius 3 is 2.43 bits per heavy atom. The number of benzene rings is 1. The lowest BCUT2D eigenvalue weighted by Crippen LogP contribution is -2.23. The molecule has 0 unspecified atom stereocenters. The van der Waals surface area contributed by atoms with Crippen LogP contribution < -0.4 is 4.74 Å². The third-order valence-corrected chi connectivity index (χ3v) is 1.98. The zero-order valence-electron chi connectivity index (χ0n) is 9.29. The Morgan fingerprint density at radius 1 is 1.29 bits per heavy atom. The molecule has 0 atom stereocenters. The molecule has 1 aromatic carbocycles. The van der Waals surface area contributed by atoms with Gasteiger partial charge in [0.05, 0.1) is 6.61 Å². The number of ether oxygens (including phenoxy) is 1. The molecule has 2 heteroatoms. The number of aliphatic hydroxyl groups is 1. The quantitative estimate of drug-likeness (QED) is 0.784. The van der Waals surface area contributed by atoms with Crippen LogP contribution in [0.4, 0.5) is 0 Å². The van der Waals surface area contributed by atoms with Crippen LogP contribution in [0, 0.1) is 6.92 Å². The van der Waals surface area contributed by atoms with Gasteiger partial charge in [0, 0.05) is 0 Å². The van der Waals surface area contributed by atoms with Gasteiger partial charge in [0.1, 0.15) is 11.4 Å². The van der Waals surface area contributed by atoms with Crippen molar-refractivity contribution in [2.24, 2.45) is 0 Å². The molecule has 0 heterocycles. The summed E-state index contributed by atoms with van der Waals surface area (Å²) in [6.07, 6.45) is 0. The SMILES string of the molecule is Cc1c(CO)cccc1OC(C)(C)C. The van der Waals surface area contributed by atoms with Crippen molar-refractivity contribution < 1.29 is 9.84 Å². The highest BCUT2D eigenvalue weighted by Gasteiger charge is 2.14. The highest BCUT2D eigenvalue weighted by Crippen LogP contribution is 2.25. The zero-order chi connectivity index (χ0) is 10.8. The third kappa shape index (κ3) is 2.74. The second-order valence-corrected chi connectivity index (χ2v) is 4.41. The van der Waals surface area contributed by atoms with Gasteiger partial charge in [0.2, 0.25) is 0 Å². The Morgan fingerprint density at radius 2 is 1.93 bits per heavy atom. The minimum Gasteiger partial charge on any atom is -0.488 e. The Balaban J connectivity index is 2.98. The fourth-order valence-corrected chi connectivity index (χ4v) is 1.27. The van der Waals surface area contributed by atoms with Gasteiger partial charge in [0.25, 0.3) is 0 Å². The molecule has 0 radical (unpaired) electrons. The van der Waals surface area contributed by atoms with Crippen LogP contribution in [0.1, 0.15) is 31.9 Å². The van der Waals surface area contributed by atoms with E-state index in [1.807, 2.05) is 45.9 Å². The molecule has 0 saturated heterocycles. The smallest absolute Gasteiger partial charge is 0.123 e. The van der Waals surface area contributed by atoms with Crippen LogP contribution in [0.15, 0.2) is 18.2 Å². The maximum absolute atomic E-state index is 9.09. The molecule has 0 aliphatic heterocycles. The lowest BCUT2D eigenvalue weighted by atomic mass is 10.1. The fraction of sp³-hybridized carbons (Fsp3) is 0.500. The molecule has 0 aliphatic rings. The summed E-state index contributed by atoms with van der Waals surface area (Å²) in [4.78, 5) is 0. The van der Waals surface area contributed by atoms with Gasteiger partial charge in [-0.3, -0.25) is 0 Å². The van der Waals surface area contributed by atoms with E-state index in [4.69, 9.17) is 9.84 Å². The lowest BCUT2D eigenvalue weighted by Gasteiger charge is -2.23. The van der Waals surface area contributed by atoms with Gasteiger partial charge in [-0.05, 0) is 44.9 Å². The van der Waals surface area contributed by atoms with Crippen LogP contribution in [0.2, 0.25) is 0 Å². The minimum absolute atomic E-state index is 0.0627. The Hall–Kier alpha value is -1.02. The Kier molecular flexibility index (Phi) is 3.17. The first-order chi connectivity index (χ1) is 6.44. The molecule has 0 bridgehead atoms. The van der Waals surface area contributed by atoms with Crippen molar-refractivity contribution in [3.63, 3.8) is 0 Å². The normalized spacial score (nSPS) is 11.5. The van der Waals surface area contributed by atoms with Crippen LogP contribution >= 0.6 is 0 Å². The highest BCUT2D eigenvalue weighted by molar-refractivity contribution is 5.39. The van der Waals surface area contributed by atoms with E-state index in [1.165, 1.54) is 0 Å². The average molecular weight is 194 g/mol. The lowest BCUT2D eigenvalue weighted by molar-refractivity contribution is 0.129. The van der Waals surface area contributed by atoms with E-state index in [0.29, 0.717) is 0 Å². The molecule has 0 spiro atoms. The molecule has 0 amide bonds. The zero-order valence-corrected chi connectivity index (χ0v) is 9.29. The van der Waals surface area contributed by atoms with Gasteiger partial charge < -0.3 is 9.84 Å². The molecule has 0 fully saturated rings. The summed E-state index contributed by atoms with van der Waals surface area (Å²) in [6, 6.07) is 5.74. The molecule has 0 aromatic heterocycles. The maximum atomic E-state index is 9.09. The van der Waals surface area contributed by atoms with E-state index in [-0.39, 0.29) is 12.2 Å². The monoisotopic (exact) mass is 194 g/mol. The van der Waals surface area contributed by atoms with Gasteiger partial charge >= 0.3 is 0 Å². The van der Waals surface area contributed by atoms with E-state index in [2.05, 4.69) is 0 Å². The maximum Gasteiger partial charge on any atom is 0.123 e. The van der Waals surface area contributed by atoms with Crippen molar-refractivity contribution in [2.75, 3.05) is 0 Å². The number of hydrogen-bond donors (Lipinski definition) is 1. The van der Waals surface area contributed by atoms with Gasteiger partial charge in [-0.1, -0.05) is 12.1 Å². The highest BCUT2D eigenvalue weighted by atomic mass is 16.5. The summed E-state index contributed by atoms with van der Waals surface area (Å²) in [5.41, 5.74) is 1.75. The Labute approximate surface area is 85.5 Å². The largest absolute Gasteiger partial charge is 0.488 e. The topological polar surface area (TPSA) is 29.5 Å². The van der Waals surface area contributed by atoms with Crippen molar-refractivity contribution >= 4 is 0 Å². The van der Waals surface area contributed by atoms with E-state index in [1.54, 1.807) is 0 Å². The first-order valence-electron chi connectivity index (χ1n) is 4.82. The molecule has 0 saturated carbocycles. The molecule has 2 nitrogen and oxygen atoms in total. The molecule has 1 aromatic rings. The van der Waals surface area contributed by atoms with Gasteiger partial charge in [0.15, 0.2) is 0 Å². The van der Waals surface area contributed by atoms with Gasteiger partial charge in [-0.15, -0.1) is 0 Å². The van der Waals surface area contributed by atoms with Gasteiger partial charge in [-0.2, -0.15) is 0 Å². The summed E-state index contributed by atoms with van der Waals surface area (Å²) in [6.45, 7) is 8.06. The van der Waals surface area contributed by atoms with E-state index in [0.717, 1.165) is 16.9 Å². The Bertz CT molecular complexity index is 311. The predicted molar refractivity (Wildman–Crippen MR) is 57.5 cm³/mol. The summed E-state index contributed by atoms with van der Waals surface area (Å²) in [5, 5.41) is 9.09. The predicted octanol–water partition coefficient (Wildman–Crippen LogP) is 2.66. The van der Waals surface area contributed by atoms with Crippen LogP contribution in [-0.2, 0) is 6.61 Å². The van der Waals surface area contributed by atoms with Crippen molar-refractivity contribution in [1.29, 1.82) is 0 Å². The van der Waals surface area contributed by atoms with E-state index in [9.17, 15) is 0 Å². The average Bonchev–Trinajstić information content (AvgIpc) is 2.06. The van der Waals surface area contributed by atoms with Crippen LogP contribution in [-0.4, -0.2) is 10.7 Å². The summed E-state index contributed by atoms with van der Waals surface area (Å²) < 4.78 is 5.76. The molecule has 14 heavy (non-hydrogen) atoms. The van der Waals surface area contributed by atoms with Crippen molar-refractivity contribution in [1.82, 2.24) is 0 Å². The molecular formula is C12H18O2. The van der Waals surface area contributed by atoms with E-state index >= 15 is 0 Å². The van der Waals surface area contributed by atoms with Crippen molar-refractivity contribution in [2.45, 2.75) is 39.9 Å². The molecule has 1 rings (SSSR count). The third-order valence-electron chi connectivity index (χ3n) is 1.98. The first kappa shape index (κ1) is 11.1. The molecule has 0 aliphatic carbocycles.